The Morgan fingerprint density at radius 1 is 1.53 bits per heavy atom. The lowest BCUT2D eigenvalue weighted by Gasteiger charge is -2.39. The Morgan fingerprint density at radius 2 is 2.32 bits per heavy atom. The molecule has 0 saturated carbocycles. The number of hydrogen-bond acceptors (Lipinski definition) is 6. The molecule has 1 aliphatic rings. The van der Waals surface area contributed by atoms with Crippen molar-refractivity contribution < 1.29 is 8.42 Å². The average molecular weight is 304 g/mol. The molecule has 1 atom stereocenters. The van der Waals surface area contributed by atoms with E-state index < -0.39 is 10.0 Å². The fourth-order valence-electron chi connectivity index (χ4n) is 2.37. The highest BCUT2D eigenvalue weighted by Gasteiger charge is 2.24. The third-order valence-corrected chi connectivity index (χ3v) is 4.95. The van der Waals surface area contributed by atoms with E-state index in [1.54, 1.807) is 11.3 Å². The van der Waals surface area contributed by atoms with Crippen LogP contribution in [0.15, 0.2) is 11.6 Å². The van der Waals surface area contributed by atoms with Crippen LogP contribution in [0.2, 0.25) is 0 Å². The summed E-state index contributed by atoms with van der Waals surface area (Å²) >= 11 is 1.66. The summed E-state index contributed by atoms with van der Waals surface area (Å²) < 4.78 is 21.8. The molecular weight excluding hydrogens is 284 g/mol. The highest BCUT2D eigenvalue weighted by molar-refractivity contribution is 7.89. The van der Waals surface area contributed by atoms with Crippen LogP contribution in [0.25, 0.3) is 0 Å². The molecule has 2 rings (SSSR count). The van der Waals surface area contributed by atoms with Crippen molar-refractivity contribution in [3.63, 3.8) is 0 Å². The van der Waals surface area contributed by atoms with Gasteiger partial charge < -0.3 is 4.90 Å². The third kappa shape index (κ3) is 4.41. The molecule has 1 aliphatic heterocycles. The van der Waals surface area contributed by atoms with E-state index in [-0.39, 0.29) is 5.75 Å². The molecule has 0 amide bonds. The number of anilines is 1. The Balaban J connectivity index is 1.80. The lowest BCUT2D eigenvalue weighted by Crippen LogP contribution is -2.52. The van der Waals surface area contributed by atoms with E-state index in [1.165, 1.54) is 0 Å². The maximum atomic E-state index is 10.9. The Morgan fingerprint density at radius 3 is 2.89 bits per heavy atom. The monoisotopic (exact) mass is 304 g/mol. The number of nitrogens with two attached hydrogens (primary N) is 1. The van der Waals surface area contributed by atoms with E-state index >= 15 is 0 Å². The molecule has 1 aromatic rings. The maximum absolute atomic E-state index is 10.9. The molecule has 19 heavy (non-hydrogen) atoms. The van der Waals surface area contributed by atoms with Crippen molar-refractivity contribution in [2.45, 2.75) is 19.4 Å². The molecule has 0 bridgehead atoms. The van der Waals surface area contributed by atoms with Crippen molar-refractivity contribution in [3.8, 4) is 0 Å². The van der Waals surface area contributed by atoms with Crippen LogP contribution in [-0.4, -0.2) is 56.3 Å². The topological polar surface area (TPSA) is 79.5 Å². The van der Waals surface area contributed by atoms with Crippen molar-refractivity contribution >= 4 is 26.5 Å². The zero-order valence-electron chi connectivity index (χ0n) is 11.0. The van der Waals surface area contributed by atoms with Gasteiger partial charge in [0.05, 0.1) is 5.75 Å². The number of hydrogen-bond donors (Lipinski definition) is 1. The molecular formula is C11H20N4O2S2. The summed E-state index contributed by atoms with van der Waals surface area (Å²) in [5.41, 5.74) is 0. The first-order valence-electron chi connectivity index (χ1n) is 6.34. The number of primary sulfonamides is 1. The summed E-state index contributed by atoms with van der Waals surface area (Å²) in [6.07, 6.45) is 2.42. The van der Waals surface area contributed by atoms with E-state index in [9.17, 15) is 8.42 Å². The van der Waals surface area contributed by atoms with Gasteiger partial charge in [0, 0.05) is 37.3 Å². The van der Waals surface area contributed by atoms with E-state index in [0.29, 0.717) is 12.5 Å². The van der Waals surface area contributed by atoms with E-state index in [1.807, 2.05) is 11.6 Å². The summed E-state index contributed by atoms with van der Waals surface area (Å²) in [4.78, 5) is 8.94. The van der Waals surface area contributed by atoms with Crippen LogP contribution in [0, 0.1) is 0 Å². The fraction of sp³-hybridized carbons (Fsp3) is 0.727. The van der Waals surface area contributed by atoms with Gasteiger partial charge in [-0.25, -0.2) is 18.5 Å². The molecule has 2 N–H and O–H groups in total. The second-order valence-electron chi connectivity index (χ2n) is 4.88. The predicted molar refractivity (Wildman–Crippen MR) is 78.0 cm³/mol. The molecule has 6 nitrogen and oxygen atoms in total. The van der Waals surface area contributed by atoms with Gasteiger partial charge in [0.1, 0.15) is 0 Å². The van der Waals surface area contributed by atoms with Gasteiger partial charge in [0.15, 0.2) is 5.13 Å². The third-order valence-electron chi connectivity index (χ3n) is 3.28. The number of thiazole rings is 1. The number of rotatable bonds is 5. The molecule has 8 heteroatoms. The van der Waals surface area contributed by atoms with Crippen molar-refractivity contribution in [1.82, 2.24) is 9.88 Å². The summed E-state index contributed by atoms with van der Waals surface area (Å²) in [5.74, 6) is 0.0636. The predicted octanol–water partition coefficient (Wildman–Crippen LogP) is 0.332. The van der Waals surface area contributed by atoms with Gasteiger partial charge >= 0.3 is 0 Å². The van der Waals surface area contributed by atoms with Crippen LogP contribution in [0.1, 0.15) is 13.3 Å². The normalized spacial score (nSPS) is 21.8. The van der Waals surface area contributed by atoms with Gasteiger partial charge in [-0.05, 0) is 19.9 Å². The van der Waals surface area contributed by atoms with E-state index in [4.69, 9.17) is 5.14 Å². The van der Waals surface area contributed by atoms with Crippen molar-refractivity contribution in [2.75, 3.05) is 36.8 Å². The highest BCUT2D eigenvalue weighted by atomic mass is 32.2. The molecule has 108 valence electrons. The number of sulfonamides is 1. The molecule has 0 aliphatic carbocycles. The van der Waals surface area contributed by atoms with Crippen molar-refractivity contribution in [3.05, 3.63) is 11.6 Å². The Labute approximate surface area is 118 Å². The minimum absolute atomic E-state index is 0.0636. The molecule has 1 fully saturated rings. The maximum Gasteiger partial charge on any atom is 0.209 e. The van der Waals surface area contributed by atoms with Crippen LogP contribution in [0.3, 0.4) is 0 Å². The van der Waals surface area contributed by atoms with Gasteiger partial charge in [0.25, 0.3) is 0 Å². The first kappa shape index (κ1) is 14.7. The summed E-state index contributed by atoms with van der Waals surface area (Å²) in [6, 6.07) is 0.398. The standard InChI is InChI=1S/C11H20N4O2S2/c1-10-9-14(4-2-8-19(12,16)17)5-6-15(10)11-13-3-7-18-11/h3,7,10H,2,4-6,8-9H2,1H3,(H2,12,16,17)/t10-/m0/s1. The molecule has 2 heterocycles. The number of piperazine rings is 1. The first-order chi connectivity index (χ1) is 8.96. The number of nitrogens with zero attached hydrogens (tertiary/aromatic N) is 3. The summed E-state index contributed by atoms with van der Waals surface area (Å²) in [5, 5.41) is 8.06. The van der Waals surface area contributed by atoms with Crippen molar-refractivity contribution in [2.24, 2.45) is 5.14 Å². The molecule has 0 spiro atoms. The molecule has 1 saturated heterocycles. The van der Waals surface area contributed by atoms with Crippen LogP contribution in [0.4, 0.5) is 5.13 Å². The van der Waals surface area contributed by atoms with Crippen LogP contribution in [0.5, 0.6) is 0 Å². The Kier molecular flexibility index (Phi) is 4.77. The highest BCUT2D eigenvalue weighted by Crippen LogP contribution is 2.22. The second kappa shape index (κ2) is 6.17. The van der Waals surface area contributed by atoms with Crippen LogP contribution < -0.4 is 10.0 Å². The average Bonchev–Trinajstić information content (AvgIpc) is 2.81. The van der Waals surface area contributed by atoms with Gasteiger partial charge in [0.2, 0.25) is 10.0 Å². The fourth-order valence-corrected chi connectivity index (χ4v) is 3.67. The summed E-state index contributed by atoms with van der Waals surface area (Å²) in [7, 11) is -3.33. The summed E-state index contributed by atoms with van der Waals surface area (Å²) in [6.45, 7) is 5.77. The molecule has 0 unspecified atom stereocenters. The quantitative estimate of drug-likeness (QED) is 0.848. The van der Waals surface area contributed by atoms with Gasteiger partial charge in [-0.15, -0.1) is 11.3 Å². The van der Waals surface area contributed by atoms with Crippen LogP contribution >= 0.6 is 11.3 Å². The smallest absolute Gasteiger partial charge is 0.209 e. The molecule has 0 aromatic carbocycles. The van der Waals surface area contributed by atoms with E-state index in [2.05, 4.69) is 21.7 Å². The Bertz CT molecular complexity index is 489. The SMILES string of the molecule is C[C@H]1CN(CCCS(N)(=O)=O)CCN1c1nccs1. The molecule has 1 aromatic heterocycles. The lowest BCUT2D eigenvalue weighted by atomic mass is 10.2. The lowest BCUT2D eigenvalue weighted by molar-refractivity contribution is 0.229. The zero-order chi connectivity index (χ0) is 13.9. The van der Waals surface area contributed by atoms with Gasteiger partial charge in [-0.2, -0.15) is 0 Å². The van der Waals surface area contributed by atoms with Gasteiger partial charge in [-0.1, -0.05) is 0 Å². The van der Waals surface area contributed by atoms with Crippen molar-refractivity contribution in [1.29, 1.82) is 0 Å². The second-order valence-corrected chi connectivity index (χ2v) is 7.49. The minimum Gasteiger partial charge on any atom is -0.343 e. The van der Waals surface area contributed by atoms with Crippen LogP contribution in [-0.2, 0) is 10.0 Å². The zero-order valence-corrected chi connectivity index (χ0v) is 12.7. The van der Waals surface area contributed by atoms with Gasteiger partial charge in [-0.3, -0.25) is 4.90 Å². The van der Waals surface area contributed by atoms with E-state index in [0.717, 1.165) is 31.3 Å². The minimum atomic E-state index is -3.33. The first-order valence-corrected chi connectivity index (χ1v) is 8.94. The molecule has 0 radical (unpaired) electrons. The Hall–Kier alpha value is -0.700. The number of aromatic nitrogens is 1. The largest absolute Gasteiger partial charge is 0.343 e.